The van der Waals surface area contributed by atoms with E-state index in [9.17, 15) is 14.4 Å². The fourth-order valence-electron chi connectivity index (χ4n) is 2.71. The maximum Gasteiger partial charge on any atom is 0.277 e. The number of hydrogen-bond donors (Lipinski definition) is 5. The Kier molecular flexibility index (Phi) is 8.59. The van der Waals surface area contributed by atoms with E-state index in [-0.39, 0.29) is 59.1 Å². The summed E-state index contributed by atoms with van der Waals surface area (Å²) in [6.07, 6.45) is 3.52. The third kappa shape index (κ3) is 6.16. The van der Waals surface area contributed by atoms with Gasteiger partial charge in [-0.1, -0.05) is 0 Å². The number of nitrogens with zero attached hydrogens (tertiary/aromatic N) is 6. The van der Waals surface area contributed by atoms with Gasteiger partial charge in [-0.05, 0) is 0 Å². The molecule has 0 aliphatic rings. The van der Waals surface area contributed by atoms with Crippen LogP contribution in [-0.2, 0) is 6.42 Å². The Hall–Kier alpha value is -8.35. The second-order valence-corrected chi connectivity index (χ2v) is 6.66. The van der Waals surface area contributed by atoms with Crippen LogP contribution in [0, 0.1) is 21.3 Å². The average Bonchev–Trinajstić information content (AvgIpc) is 2.87. The molecule has 0 saturated carbocycles. The molecule has 0 aromatic carbocycles. The van der Waals surface area contributed by atoms with Gasteiger partial charge in [0.25, 0.3) is 34.7 Å². The predicted molar refractivity (Wildman–Crippen MR) is 122 cm³/mol. The quantitative estimate of drug-likeness (QED) is 0.136. The van der Waals surface area contributed by atoms with E-state index in [0.29, 0.717) is 0 Å². The Morgan fingerprint density at radius 2 is 1.05 bits per heavy atom. The monoisotopic (exact) mass is 1300 g/mol. The summed E-state index contributed by atoms with van der Waals surface area (Å²) >= 11 is 0. The predicted octanol–water partition coefficient (Wildman–Crippen LogP) is -0.289. The van der Waals surface area contributed by atoms with Gasteiger partial charge < -0.3 is 24.8 Å². The maximum absolute atomic E-state index is 12.3. The minimum absolute atomic E-state index is 0. The third-order valence-electron chi connectivity index (χ3n) is 4.34. The fraction of sp³-hybridized carbons (Fsp3) is 0.0526. The summed E-state index contributed by atoms with van der Waals surface area (Å²) in [5.74, 6) is -0.139. The number of nitrogens with one attached hydrogen (secondary N) is 5. The molecule has 4 rings (SSSR count). The number of anilines is 4. The first-order valence-corrected chi connectivity index (χ1v) is 9.70. The SMILES string of the molecule is [CH2-]Oc1ncc(Cc2nc(Nc3cnc(O[CH2-])[nH]c3=O)nc(Nc3cnc(O[CH2-])[nH]c3=O)n2)c(=O)[nH]1.[Rf].[Rf].[Rf]. The van der Waals surface area contributed by atoms with E-state index < -0.39 is 16.7 Å². The van der Waals surface area contributed by atoms with Crippen molar-refractivity contribution in [2.45, 2.75) is 6.42 Å². The number of rotatable bonds is 9. The first-order chi connectivity index (χ1) is 17.4. The Bertz CT molecular complexity index is 1380. The van der Waals surface area contributed by atoms with Crippen LogP contribution >= 0.6 is 0 Å². The van der Waals surface area contributed by atoms with Gasteiger partial charge in [0.2, 0.25) is 11.9 Å². The van der Waals surface area contributed by atoms with E-state index in [0.717, 1.165) is 0 Å². The Morgan fingerprint density at radius 3 is 1.44 bits per heavy atom. The van der Waals surface area contributed by atoms with Crippen molar-refractivity contribution in [3.8, 4) is 18.0 Å². The number of ether oxygens (including phenoxy) is 3. The number of aromatic nitrogens is 9. The van der Waals surface area contributed by atoms with Crippen LogP contribution in [0.4, 0.5) is 23.3 Å². The summed E-state index contributed by atoms with van der Waals surface area (Å²) in [6.45, 7) is 0. The Labute approximate surface area is 200 Å². The van der Waals surface area contributed by atoms with Crippen molar-refractivity contribution in [1.82, 2.24) is 44.9 Å². The molecule has 39 heavy (non-hydrogen) atoms. The van der Waals surface area contributed by atoms with Gasteiger partial charge in [0.1, 0.15) is 17.2 Å². The van der Waals surface area contributed by atoms with Crippen molar-refractivity contribution in [2.24, 2.45) is 0 Å². The van der Waals surface area contributed by atoms with E-state index in [1.807, 2.05) is 0 Å². The molecule has 0 radical (unpaired) electrons. The first kappa shape index (κ1) is 28.7. The van der Waals surface area contributed by atoms with Crippen molar-refractivity contribution in [2.75, 3.05) is 10.6 Å². The topological polar surface area (TPSA) is 228 Å². The summed E-state index contributed by atoms with van der Waals surface area (Å²) in [6, 6.07) is -0.286. The Morgan fingerprint density at radius 1 is 0.641 bits per heavy atom. The maximum atomic E-state index is 12.3. The van der Waals surface area contributed by atoms with E-state index >= 15 is 0 Å². The molecule has 4 heterocycles. The van der Waals surface area contributed by atoms with E-state index in [1.165, 1.54) is 18.6 Å². The summed E-state index contributed by atoms with van der Waals surface area (Å²) in [4.78, 5) is 68.2. The van der Waals surface area contributed by atoms with Crippen LogP contribution in [0.5, 0.6) is 18.0 Å². The molecule has 4 aromatic rings. The zero-order valence-corrected chi connectivity index (χ0v) is 39.5. The summed E-state index contributed by atoms with van der Waals surface area (Å²) < 4.78 is 13.9. The van der Waals surface area contributed by atoms with Gasteiger partial charge in [-0.2, -0.15) is 36.3 Å². The third-order valence-corrected chi connectivity index (χ3v) is 4.34. The van der Waals surface area contributed by atoms with Crippen LogP contribution in [0.1, 0.15) is 11.4 Å². The summed E-state index contributed by atoms with van der Waals surface area (Å²) in [5.41, 5.74) is -1.60. The summed E-state index contributed by atoms with van der Waals surface area (Å²) in [7, 11) is 9.51. The molecule has 0 unspecified atom stereocenters. The molecule has 0 saturated heterocycles. The smallest absolute Gasteiger partial charge is 0.277 e. The minimum Gasteiger partial charge on any atom is -0.639 e. The van der Waals surface area contributed by atoms with Crippen molar-refractivity contribution in [3.63, 3.8) is 0 Å². The molecule has 0 fully saturated rings. The molecule has 4 aromatic heterocycles. The molecule has 5 N–H and O–H groups in total. The van der Waals surface area contributed by atoms with Gasteiger partial charge in [-0.3, -0.25) is 29.3 Å². The zero-order chi connectivity index (χ0) is 25.7. The van der Waals surface area contributed by atoms with Crippen LogP contribution in [0.3, 0.4) is 0 Å². The van der Waals surface area contributed by atoms with Gasteiger partial charge >= 0.3 is 0 Å². The minimum atomic E-state index is -0.603. The molecule has 0 bridgehead atoms. The van der Waals surface area contributed by atoms with E-state index in [2.05, 4.69) is 91.0 Å². The molecular formula is C19H16N11O6Rf3-3. The van der Waals surface area contributed by atoms with Crippen molar-refractivity contribution < 1.29 is 14.2 Å². The number of hydrogen-bond acceptors (Lipinski definition) is 14. The fourth-order valence-corrected chi connectivity index (χ4v) is 2.71. The molecular weight excluding hydrogens is 1280 g/mol. The molecule has 192 valence electrons. The van der Waals surface area contributed by atoms with E-state index in [1.54, 1.807) is 0 Å². The summed E-state index contributed by atoms with van der Waals surface area (Å²) in [5, 5.41) is 5.40. The van der Waals surface area contributed by atoms with Crippen LogP contribution < -0.4 is 41.5 Å². The number of aromatic amines is 3. The number of H-pyrrole nitrogens is 3. The zero-order valence-electron chi connectivity index (χ0n) is 20.3. The molecule has 0 atom stereocenters. The van der Waals surface area contributed by atoms with Crippen LogP contribution in [0.15, 0.2) is 33.0 Å². The van der Waals surface area contributed by atoms with Gasteiger partial charge in [0.05, 0.1) is 12.4 Å². The van der Waals surface area contributed by atoms with Crippen LogP contribution in [-0.4, -0.2) is 44.9 Å². The molecule has 20 heteroatoms. The van der Waals surface area contributed by atoms with Crippen LogP contribution in [0.25, 0.3) is 0 Å². The Balaban J connectivity index is 0.00000253. The largest absolute Gasteiger partial charge is 0.639 e. The van der Waals surface area contributed by atoms with Crippen LogP contribution in [0.2, 0.25) is 0 Å². The van der Waals surface area contributed by atoms with Gasteiger partial charge in [0, 0.05) is 18.2 Å². The van der Waals surface area contributed by atoms with Crippen molar-refractivity contribution in [1.29, 1.82) is 0 Å². The van der Waals surface area contributed by atoms with Gasteiger partial charge in [-0.25, -0.2) is 15.0 Å². The molecule has 17 nitrogen and oxygen atoms in total. The average molecular weight is 1300 g/mol. The van der Waals surface area contributed by atoms with E-state index in [4.69, 9.17) is 0 Å². The second kappa shape index (κ2) is 11.7. The standard InChI is InChI=1S/C19H16N11O6.3Rf/c1-34-17-20-5-8(12(31)27-17)4-11-25-15(23-9-6-21-18(35-2)28-13(9)32)30-16(26-11)24-10-7-22-19(36-3)29-14(10)33;;;/h5-7H,1-4H2,(H,20,27,31)(H,21,28,32)(H,22,29,33)(H2,23,24,25,26,30);;;/q-3;;;. The van der Waals surface area contributed by atoms with Crippen molar-refractivity contribution in [3.05, 3.63) is 82.4 Å². The molecule has 0 aliphatic heterocycles. The molecule has 0 spiro atoms. The normalized spacial score (nSPS) is 9.72. The molecule has 0 amide bonds. The second-order valence-electron chi connectivity index (χ2n) is 6.66. The first-order valence-electron chi connectivity index (χ1n) is 9.70. The van der Waals surface area contributed by atoms with Gasteiger partial charge in [-0.15, -0.1) is 0 Å². The molecule has 0 aliphatic carbocycles. The van der Waals surface area contributed by atoms with Gasteiger partial charge in [0.15, 0.2) is 0 Å². The van der Waals surface area contributed by atoms with Crippen molar-refractivity contribution >= 4 is 23.3 Å².